The zero-order chi connectivity index (χ0) is 6.57. The summed E-state index contributed by atoms with van der Waals surface area (Å²) in [5.74, 6) is -0.708. The summed E-state index contributed by atoms with van der Waals surface area (Å²) < 4.78 is 0. The van der Waals surface area contributed by atoms with Crippen LogP contribution in [0.1, 0.15) is 0 Å². The van der Waals surface area contributed by atoms with Crippen molar-refractivity contribution in [3.63, 3.8) is 0 Å². The number of rotatable bonds is 2. The normalized spacial score (nSPS) is 12.2. The Bertz CT molecular complexity index is 101. The van der Waals surface area contributed by atoms with Crippen LogP contribution in [-0.2, 0) is 4.79 Å². The number of nitrogens with one attached hydrogen (secondary N) is 2. The maximum atomic E-state index is 10.0. The lowest BCUT2D eigenvalue weighted by atomic mass is 10.6. The van der Waals surface area contributed by atoms with Crippen molar-refractivity contribution in [3.05, 3.63) is 0 Å². The third-order valence-corrected chi connectivity index (χ3v) is 0.421. The minimum atomic E-state index is -1.37. The molecule has 0 spiro atoms. The fourth-order valence-corrected chi connectivity index (χ4v) is 0.187. The van der Waals surface area contributed by atoms with Crippen LogP contribution in [0.15, 0.2) is 0 Å². The van der Waals surface area contributed by atoms with Crippen LogP contribution in [0.4, 0.5) is 0 Å². The van der Waals surface area contributed by atoms with Gasteiger partial charge in [-0.15, -0.1) is 0 Å². The average molecular weight is 117 g/mol. The zero-order valence-corrected chi connectivity index (χ0v) is 4.09. The lowest BCUT2D eigenvalue weighted by Crippen LogP contribution is -2.41. The van der Waals surface area contributed by atoms with Gasteiger partial charge in [-0.2, -0.15) is 0 Å². The summed E-state index contributed by atoms with van der Waals surface area (Å²) in [6, 6.07) is 0. The van der Waals surface area contributed by atoms with Crippen LogP contribution >= 0.6 is 0 Å². The van der Waals surface area contributed by atoms with Gasteiger partial charge in [0.05, 0.1) is 6.21 Å². The van der Waals surface area contributed by atoms with E-state index >= 15 is 0 Å². The van der Waals surface area contributed by atoms with Crippen molar-refractivity contribution in [1.82, 2.24) is 5.32 Å². The van der Waals surface area contributed by atoms with Crippen LogP contribution in [-0.4, -0.2) is 23.6 Å². The van der Waals surface area contributed by atoms with Gasteiger partial charge >= 0.3 is 0 Å². The highest BCUT2D eigenvalue weighted by molar-refractivity contribution is 6.24. The third kappa shape index (κ3) is 3.26. The Morgan fingerprint density at radius 1 is 2.00 bits per heavy atom. The smallest absolute Gasteiger partial charge is 0.264 e. The summed E-state index contributed by atoms with van der Waals surface area (Å²) in [6.45, 7) is 0. The first-order valence-electron chi connectivity index (χ1n) is 1.91. The van der Waals surface area contributed by atoms with E-state index in [2.05, 4.69) is 5.73 Å². The van der Waals surface area contributed by atoms with E-state index in [1.807, 2.05) is 5.32 Å². The molecule has 1 atom stereocenters. The summed E-state index contributed by atoms with van der Waals surface area (Å²) >= 11 is 0. The first-order chi connectivity index (χ1) is 3.66. The number of aliphatic hydroxyl groups is 1. The van der Waals surface area contributed by atoms with Crippen LogP contribution in [0.2, 0.25) is 0 Å². The number of carbonyl (C=O) groups excluding carboxylic acids is 1. The minimum Gasteiger partial charge on any atom is -0.361 e. The van der Waals surface area contributed by atoms with Crippen LogP contribution in [0.5, 0.6) is 0 Å². The second kappa shape index (κ2) is 3.11. The molecule has 0 rings (SSSR count). The van der Waals surface area contributed by atoms with Crippen molar-refractivity contribution in [3.8, 4) is 0 Å². The second-order valence-corrected chi connectivity index (χ2v) is 1.10. The third-order valence-electron chi connectivity index (χ3n) is 0.421. The Morgan fingerprint density at radius 3 is 2.62 bits per heavy atom. The van der Waals surface area contributed by atoms with E-state index in [9.17, 15) is 4.79 Å². The maximum absolute atomic E-state index is 10.0. The molecule has 1 unspecified atom stereocenters. The SMILES string of the molecule is N=CC(=O)NC(N)O. The van der Waals surface area contributed by atoms with Crippen molar-refractivity contribution in [1.29, 1.82) is 5.41 Å². The number of amides is 1. The molecule has 0 saturated heterocycles. The average Bonchev–Trinajstić information content (AvgIpc) is 1.65. The van der Waals surface area contributed by atoms with Crippen LogP contribution in [0, 0.1) is 5.41 Å². The fraction of sp³-hybridized carbons (Fsp3) is 0.333. The zero-order valence-electron chi connectivity index (χ0n) is 4.09. The van der Waals surface area contributed by atoms with E-state index in [0.29, 0.717) is 6.21 Å². The Kier molecular flexibility index (Phi) is 2.75. The van der Waals surface area contributed by atoms with Gasteiger partial charge in [-0.1, -0.05) is 0 Å². The monoisotopic (exact) mass is 117 g/mol. The highest BCUT2D eigenvalue weighted by Crippen LogP contribution is 1.58. The number of nitrogens with two attached hydrogens (primary N) is 1. The highest BCUT2D eigenvalue weighted by atomic mass is 16.3. The maximum Gasteiger partial charge on any atom is 0.264 e. The molecule has 0 aromatic carbocycles. The largest absolute Gasteiger partial charge is 0.361 e. The minimum absolute atomic E-state index is 0.524. The Balaban J connectivity index is 3.39. The highest BCUT2D eigenvalue weighted by Gasteiger charge is 1.96. The van der Waals surface area contributed by atoms with Crippen molar-refractivity contribution in [2.24, 2.45) is 5.73 Å². The Labute approximate surface area is 46.0 Å². The molecule has 0 aliphatic rings. The van der Waals surface area contributed by atoms with E-state index in [0.717, 1.165) is 0 Å². The molecule has 5 nitrogen and oxygen atoms in total. The van der Waals surface area contributed by atoms with E-state index in [1.54, 1.807) is 0 Å². The molecule has 0 aromatic rings. The van der Waals surface area contributed by atoms with E-state index < -0.39 is 12.3 Å². The van der Waals surface area contributed by atoms with Gasteiger partial charge in [0, 0.05) is 0 Å². The molecule has 1 amide bonds. The van der Waals surface area contributed by atoms with E-state index in [-0.39, 0.29) is 0 Å². The molecular weight excluding hydrogens is 110 g/mol. The van der Waals surface area contributed by atoms with Crippen LogP contribution in [0.3, 0.4) is 0 Å². The Hall–Kier alpha value is -0.940. The van der Waals surface area contributed by atoms with Gasteiger partial charge in [0.15, 0.2) is 6.35 Å². The van der Waals surface area contributed by atoms with Crippen molar-refractivity contribution >= 4 is 12.1 Å². The molecule has 0 aromatic heterocycles. The van der Waals surface area contributed by atoms with Crippen molar-refractivity contribution in [2.75, 3.05) is 0 Å². The predicted molar refractivity (Wildman–Crippen MR) is 27.1 cm³/mol. The summed E-state index contributed by atoms with van der Waals surface area (Å²) in [5, 5.41) is 16.3. The lowest BCUT2D eigenvalue weighted by molar-refractivity contribution is -0.117. The van der Waals surface area contributed by atoms with Crippen LogP contribution in [0.25, 0.3) is 0 Å². The second-order valence-electron chi connectivity index (χ2n) is 1.10. The molecule has 0 aliphatic heterocycles. The molecule has 46 valence electrons. The van der Waals surface area contributed by atoms with Crippen LogP contribution < -0.4 is 11.1 Å². The van der Waals surface area contributed by atoms with Gasteiger partial charge in [-0.05, 0) is 0 Å². The number of aliphatic hydroxyl groups excluding tert-OH is 1. The van der Waals surface area contributed by atoms with Crippen molar-refractivity contribution in [2.45, 2.75) is 6.35 Å². The van der Waals surface area contributed by atoms with Gasteiger partial charge in [0.25, 0.3) is 5.91 Å². The van der Waals surface area contributed by atoms with Crippen molar-refractivity contribution < 1.29 is 9.90 Å². The first kappa shape index (κ1) is 7.06. The van der Waals surface area contributed by atoms with Gasteiger partial charge < -0.3 is 15.8 Å². The summed E-state index contributed by atoms with van der Waals surface area (Å²) in [6.07, 6.45) is -0.847. The molecule has 0 aliphatic carbocycles. The number of hydrogen-bond donors (Lipinski definition) is 4. The topological polar surface area (TPSA) is 99.2 Å². The molecule has 0 bridgehead atoms. The standard InChI is InChI=1S/C3H7N3O2/c4-1-2(7)6-3(5)8/h1,3-4,8H,5H2,(H,6,7). The van der Waals surface area contributed by atoms with E-state index in [4.69, 9.17) is 10.5 Å². The van der Waals surface area contributed by atoms with Gasteiger partial charge in [0.2, 0.25) is 0 Å². The summed E-state index contributed by atoms with van der Waals surface area (Å²) in [7, 11) is 0. The molecule has 8 heavy (non-hydrogen) atoms. The molecule has 0 heterocycles. The fourth-order valence-electron chi connectivity index (χ4n) is 0.187. The quantitative estimate of drug-likeness (QED) is 0.248. The lowest BCUT2D eigenvalue weighted by Gasteiger charge is -2.01. The molecular formula is C3H7N3O2. The molecule has 0 saturated carbocycles. The summed E-state index contributed by atoms with van der Waals surface area (Å²) in [5.41, 5.74) is 4.69. The number of hydrogen-bond acceptors (Lipinski definition) is 4. The van der Waals surface area contributed by atoms with E-state index in [1.165, 1.54) is 0 Å². The summed E-state index contributed by atoms with van der Waals surface area (Å²) in [4.78, 5) is 10.0. The number of carbonyl (C=O) groups is 1. The first-order valence-corrected chi connectivity index (χ1v) is 1.91. The van der Waals surface area contributed by atoms with Gasteiger partial charge in [-0.25, -0.2) is 0 Å². The predicted octanol–water partition coefficient (Wildman–Crippen LogP) is -2.01. The molecule has 0 radical (unpaired) electrons. The van der Waals surface area contributed by atoms with Gasteiger partial charge in [-0.3, -0.25) is 10.5 Å². The molecule has 5 heteroatoms. The van der Waals surface area contributed by atoms with Gasteiger partial charge in [0.1, 0.15) is 0 Å². The molecule has 5 N–H and O–H groups in total. The molecule has 0 fully saturated rings. The Morgan fingerprint density at radius 2 is 2.50 bits per heavy atom.